The minimum Gasteiger partial charge on any atom is -0.480 e. The number of aliphatic carboxylic acids is 1. The van der Waals surface area contributed by atoms with Crippen LogP contribution in [0.2, 0.25) is 0 Å². The van der Waals surface area contributed by atoms with Gasteiger partial charge in [-0.25, -0.2) is 4.79 Å². The first-order chi connectivity index (χ1) is 9.49. The molecule has 1 unspecified atom stereocenters. The Hall–Kier alpha value is -2.37. The summed E-state index contributed by atoms with van der Waals surface area (Å²) in [5.41, 5.74) is 5.97. The monoisotopic (exact) mass is 278 g/mol. The average Bonchev–Trinajstić information content (AvgIpc) is 2.41. The van der Waals surface area contributed by atoms with Gasteiger partial charge in [0.15, 0.2) is 0 Å². The predicted molar refractivity (Wildman–Crippen MR) is 72.8 cm³/mol. The third kappa shape index (κ3) is 5.99. The summed E-state index contributed by atoms with van der Waals surface area (Å²) < 4.78 is 0. The van der Waals surface area contributed by atoms with Crippen LogP contribution in [-0.4, -0.2) is 28.9 Å². The maximum Gasteiger partial charge on any atom is 0.326 e. The number of hydrogen-bond donors (Lipinski definition) is 3. The highest BCUT2D eigenvalue weighted by Gasteiger charge is 2.20. The number of benzene rings is 1. The number of nitrogens with one attached hydrogen (secondary N) is 1. The van der Waals surface area contributed by atoms with Gasteiger partial charge in [0.25, 0.3) is 0 Å². The molecule has 108 valence electrons. The molecule has 0 saturated heterocycles. The molecule has 0 saturated carbocycles. The summed E-state index contributed by atoms with van der Waals surface area (Å²) in [6.45, 7) is 0. The normalized spacial score (nSPS) is 11.6. The van der Waals surface area contributed by atoms with E-state index in [-0.39, 0.29) is 25.2 Å². The smallest absolute Gasteiger partial charge is 0.326 e. The van der Waals surface area contributed by atoms with Crippen molar-refractivity contribution in [3.8, 4) is 0 Å². The van der Waals surface area contributed by atoms with Gasteiger partial charge in [-0.15, -0.1) is 0 Å². The predicted octanol–water partition coefficient (Wildman–Crippen LogP) is 0.454. The summed E-state index contributed by atoms with van der Waals surface area (Å²) in [6.07, 6.45) is 0.664. The molecular formula is C14H18N2O4. The molecule has 2 amide bonds. The third-order valence-electron chi connectivity index (χ3n) is 2.80. The van der Waals surface area contributed by atoms with Crippen molar-refractivity contribution in [3.63, 3.8) is 0 Å². The molecule has 0 spiro atoms. The molecule has 0 aliphatic rings. The zero-order valence-corrected chi connectivity index (χ0v) is 11.0. The second-order valence-corrected chi connectivity index (χ2v) is 4.45. The molecule has 0 aliphatic heterocycles. The number of aryl methyl sites for hydroxylation is 1. The minimum absolute atomic E-state index is 0.00173. The highest BCUT2D eigenvalue weighted by Crippen LogP contribution is 2.03. The quantitative estimate of drug-likeness (QED) is 0.641. The number of rotatable bonds is 8. The molecular weight excluding hydrogens is 260 g/mol. The van der Waals surface area contributed by atoms with Crippen molar-refractivity contribution in [2.24, 2.45) is 5.73 Å². The zero-order valence-electron chi connectivity index (χ0n) is 11.0. The Kier molecular flexibility index (Phi) is 6.22. The average molecular weight is 278 g/mol. The lowest BCUT2D eigenvalue weighted by atomic mass is 10.1. The largest absolute Gasteiger partial charge is 0.480 e. The van der Waals surface area contributed by atoms with Gasteiger partial charge in [0.2, 0.25) is 11.8 Å². The molecule has 0 aromatic heterocycles. The Morgan fingerprint density at radius 2 is 1.80 bits per heavy atom. The fourth-order valence-electron chi connectivity index (χ4n) is 1.71. The fourth-order valence-corrected chi connectivity index (χ4v) is 1.71. The summed E-state index contributed by atoms with van der Waals surface area (Å²) in [7, 11) is 0. The van der Waals surface area contributed by atoms with Gasteiger partial charge in [0, 0.05) is 12.8 Å². The van der Waals surface area contributed by atoms with E-state index in [1.165, 1.54) is 0 Å². The number of primary amides is 1. The van der Waals surface area contributed by atoms with Gasteiger partial charge >= 0.3 is 5.97 Å². The summed E-state index contributed by atoms with van der Waals surface area (Å²) in [5, 5.41) is 11.3. The van der Waals surface area contributed by atoms with Crippen LogP contribution in [0.3, 0.4) is 0 Å². The van der Waals surface area contributed by atoms with Crippen LogP contribution < -0.4 is 11.1 Å². The Morgan fingerprint density at radius 3 is 2.35 bits per heavy atom. The molecule has 1 aromatic carbocycles. The minimum atomic E-state index is -1.17. The number of carbonyl (C=O) groups is 3. The van der Waals surface area contributed by atoms with Gasteiger partial charge in [-0.05, 0) is 18.4 Å². The van der Waals surface area contributed by atoms with E-state index < -0.39 is 17.9 Å². The van der Waals surface area contributed by atoms with Crippen molar-refractivity contribution >= 4 is 17.8 Å². The summed E-state index contributed by atoms with van der Waals surface area (Å²) in [4.78, 5) is 33.3. The first-order valence-electron chi connectivity index (χ1n) is 6.33. The third-order valence-corrected chi connectivity index (χ3v) is 2.80. The van der Waals surface area contributed by atoms with Gasteiger partial charge in [-0.3, -0.25) is 9.59 Å². The van der Waals surface area contributed by atoms with Crippen molar-refractivity contribution in [2.45, 2.75) is 31.7 Å². The molecule has 4 N–H and O–H groups in total. The number of amides is 2. The van der Waals surface area contributed by atoms with Gasteiger partial charge in [0.05, 0.1) is 0 Å². The first-order valence-corrected chi connectivity index (χ1v) is 6.33. The molecule has 1 aromatic rings. The molecule has 6 heteroatoms. The van der Waals surface area contributed by atoms with Gasteiger partial charge < -0.3 is 16.2 Å². The fraction of sp³-hybridized carbons (Fsp3) is 0.357. The molecule has 20 heavy (non-hydrogen) atoms. The lowest BCUT2D eigenvalue weighted by molar-refractivity contribution is -0.142. The Labute approximate surface area is 117 Å². The lowest BCUT2D eigenvalue weighted by Gasteiger charge is -2.13. The highest BCUT2D eigenvalue weighted by molar-refractivity contribution is 5.84. The van der Waals surface area contributed by atoms with Crippen molar-refractivity contribution in [3.05, 3.63) is 35.9 Å². The van der Waals surface area contributed by atoms with E-state index in [0.29, 0.717) is 6.42 Å². The molecule has 1 rings (SSSR count). The van der Waals surface area contributed by atoms with E-state index >= 15 is 0 Å². The van der Waals surface area contributed by atoms with E-state index in [0.717, 1.165) is 5.56 Å². The van der Waals surface area contributed by atoms with Crippen LogP contribution in [0, 0.1) is 0 Å². The Bertz CT molecular complexity index is 473. The van der Waals surface area contributed by atoms with Crippen LogP contribution in [0.15, 0.2) is 30.3 Å². The number of nitrogens with two attached hydrogens (primary N) is 1. The maximum absolute atomic E-state index is 11.7. The van der Waals surface area contributed by atoms with Crippen LogP contribution in [0.4, 0.5) is 0 Å². The van der Waals surface area contributed by atoms with Crippen LogP contribution in [0.1, 0.15) is 24.8 Å². The van der Waals surface area contributed by atoms with E-state index in [4.69, 9.17) is 10.8 Å². The Morgan fingerprint density at radius 1 is 1.15 bits per heavy atom. The molecule has 0 heterocycles. The summed E-state index contributed by atoms with van der Waals surface area (Å²) in [6, 6.07) is 8.35. The number of carboxylic acids is 1. The van der Waals surface area contributed by atoms with E-state index in [9.17, 15) is 14.4 Å². The summed E-state index contributed by atoms with van der Waals surface area (Å²) >= 11 is 0. The second kappa shape index (κ2) is 7.93. The van der Waals surface area contributed by atoms with Gasteiger partial charge in [-0.1, -0.05) is 30.3 Å². The van der Waals surface area contributed by atoms with Crippen molar-refractivity contribution in [2.75, 3.05) is 0 Å². The van der Waals surface area contributed by atoms with E-state index in [1.54, 1.807) is 0 Å². The Balaban J connectivity index is 2.41. The molecule has 0 bridgehead atoms. The molecule has 0 radical (unpaired) electrons. The SMILES string of the molecule is NC(=O)CCC(NC(=O)CCc1ccccc1)C(=O)O. The molecule has 6 nitrogen and oxygen atoms in total. The standard InChI is InChI=1S/C14H18N2O4/c15-12(17)8-7-11(14(19)20)16-13(18)9-6-10-4-2-1-3-5-10/h1-5,11H,6-9H2,(H2,15,17)(H,16,18)(H,19,20). The van der Waals surface area contributed by atoms with Crippen molar-refractivity contribution in [1.82, 2.24) is 5.32 Å². The van der Waals surface area contributed by atoms with E-state index in [2.05, 4.69) is 5.32 Å². The maximum atomic E-state index is 11.7. The van der Waals surface area contributed by atoms with Crippen LogP contribution in [-0.2, 0) is 20.8 Å². The van der Waals surface area contributed by atoms with Crippen LogP contribution in [0.5, 0.6) is 0 Å². The molecule has 0 aliphatic carbocycles. The molecule has 0 fully saturated rings. The number of carbonyl (C=O) groups excluding carboxylic acids is 2. The topological polar surface area (TPSA) is 109 Å². The highest BCUT2D eigenvalue weighted by atomic mass is 16.4. The van der Waals surface area contributed by atoms with Gasteiger partial charge in [0.1, 0.15) is 6.04 Å². The van der Waals surface area contributed by atoms with Crippen LogP contribution in [0.25, 0.3) is 0 Å². The summed E-state index contributed by atoms with van der Waals surface area (Å²) in [5.74, 6) is -2.11. The van der Waals surface area contributed by atoms with E-state index in [1.807, 2.05) is 30.3 Å². The number of carboxylic acid groups (broad SMARTS) is 1. The zero-order chi connectivity index (χ0) is 15.0. The first kappa shape index (κ1) is 15.7. The van der Waals surface area contributed by atoms with Crippen LogP contribution >= 0.6 is 0 Å². The van der Waals surface area contributed by atoms with Gasteiger partial charge in [-0.2, -0.15) is 0 Å². The number of hydrogen-bond acceptors (Lipinski definition) is 3. The van der Waals surface area contributed by atoms with Crippen molar-refractivity contribution in [1.29, 1.82) is 0 Å². The van der Waals surface area contributed by atoms with Crippen molar-refractivity contribution < 1.29 is 19.5 Å². The second-order valence-electron chi connectivity index (χ2n) is 4.45. The molecule has 1 atom stereocenters. The lowest BCUT2D eigenvalue weighted by Crippen LogP contribution is -2.41.